The summed E-state index contributed by atoms with van der Waals surface area (Å²) >= 11 is 0. The van der Waals surface area contributed by atoms with E-state index in [9.17, 15) is 21.6 Å². The first-order chi connectivity index (χ1) is 11.7. The normalized spacial score (nSPS) is 12.0. The maximum absolute atomic E-state index is 12.7. The van der Waals surface area contributed by atoms with Crippen molar-refractivity contribution in [2.75, 3.05) is 14.2 Å². The third-order valence-corrected chi connectivity index (χ3v) is 4.80. The number of alkyl halides is 3. The minimum atomic E-state index is -4.50. The van der Waals surface area contributed by atoms with Gasteiger partial charge in [0, 0.05) is 12.6 Å². The fourth-order valence-corrected chi connectivity index (χ4v) is 3.31. The second kappa shape index (κ2) is 7.32. The molecule has 0 saturated carbocycles. The lowest BCUT2D eigenvalue weighted by atomic mass is 10.1. The van der Waals surface area contributed by atoms with Crippen molar-refractivity contribution < 1.29 is 31.1 Å². The smallest absolute Gasteiger partial charge is 0.416 e. The van der Waals surface area contributed by atoms with Crippen molar-refractivity contribution >= 4 is 10.0 Å². The number of methoxy groups -OCH3 is 2. The number of rotatable bonds is 6. The molecular weight excluding hydrogens is 359 g/mol. The van der Waals surface area contributed by atoms with E-state index < -0.39 is 21.8 Å². The van der Waals surface area contributed by atoms with Gasteiger partial charge in [0.05, 0.1) is 19.8 Å². The van der Waals surface area contributed by atoms with Crippen molar-refractivity contribution in [1.82, 2.24) is 4.72 Å². The molecule has 5 nitrogen and oxygen atoms in total. The first-order valence-corrected chi connectivity index (χ1v) is 8.53. The molecule has 0 saturated heterocycles. The van der Waals surface area contributed by atoms with Crippen LogP contribution in [0.5, 0.6) is 11.5 Å². The Labute approximate surface area is 143 Å². The maximum Gasteiger partial charge on any atom is 0.416 e. The Morgan fingerprint density at radius 3 is 2.36 bits per heavy atom. The molecule has 2 aromatic carbocycles. The van der Waals surface area contributed by atoms with Crippen molar-refractivity contribution in [3.8, 4) is 11.5 Å². The van der Waals surface area contributed by atoms with Gasteiger partial charge in [0.1, 0.15) is 16.4 Å². The zero-order chi connectivity index (χ0) is 18.7. The second-order valence-corrected chi connectivity index (χ2v) is 6.77. The highest BCUT2D eigenvalue weighted by atomic mass is 32.2. The Morgan fingerprint density at radius 2 is 1.76 bits per heavy atom. The van der Waals surface area contributed by atoms with Crippen LogP contribution < -0.4 is 14.2 Å². The van der Waals surface area contributed by atoms with Gasteiger partial charge in [0.25, 0.3) is 0 Å². The third kappa shape index (κ3) is 4.64. The van der Waals surface area contributed by atoms with Crippen molar-refractivity contribution in [3.63, 3.8) is 0 Å². The Kier molecular flexibility index (Phi) is 5.58. The average molecular weight is 375 g/mol. The minimum Gasteiger partial charge on any atom is -0.497 e. The number of hydrogen-bond donors (Lipinski definition) is 1. The SMILES string of the molecule is COc1ccc(OC)c(S(=O)(=O)NCc2cccc(C(F)(F)F)c2)c1. The van der Waals surface area contributed by atoms with Gasteiger partial charge in [0.15, 0.2) is 0 Å². The summed E-state index contributed by atoms with van der Waals surface area (Å²) in [6, 6.07) is 8.67. The lowest BCUT2D eigenvalue weighted by Crippen LogP contribution is -2.24. The van der Waals surface area contributed by atoms with Crippen LogP contribution in [0, 0.1) is 0 Å². The van der Waals surface area contributed by atoms with Gasteiger partial charge in [0.2, 0.25) is 10.0 Å². The van der Waals surface area contributed by atoms with Crippen LogP contribution in [0.1, 0.15) is 11.1 Å². The summed E-state index contributed by atoms with van der Waals surface area (Å²) in [5, 5.41) is 0. The summed E-state index contributed by atoms with van der Waals surface area (Å²) in [5.74, 6) is 0.401. The van der Waals surface area contributed by atoms with Crippen LogP contribution in [-0.2, 0) is 22.7 Å². The standard InChI is InChI=1S/C16H16F3NO4S/c1-23-13-6-7-14(24-2)15(9-13)25(21,22)20-10-11-4-3-5-12(8-11)16(17,18)19/h3-9,20H,10H2,1-2H3. The zero-order valence-electron chi connectivity index (χ0n) is 13.4. The van der Waals surface area contributed by atoms with Crippen LogP contribution in [0.3, 0.4) is 0 Å². The van der Waals surface area contributed by atoms with E-state index in [1.54, 1.807) is 0 Å². The van der Waals surface area contributed by atoms with Crippen LogP contribution >= 0.6 is 0 Å². The minimum absolute atomic E-state index is 0.0948. The Balaban J connectivity index is 2.26. The number of nitrogens with one attached hydrogen (secondary N) is 1. The van der Waals surface area contributed by atoms with Crippen LogP contribution in [0.2, 0.25) is 0 Å². The molecule has 0 heterocycles. The summed E-state index contributed by atoms with van der Waals surface area (Å²) in [6.45, 7) is -0.299. The van der Waals surface area contributed by atoms with E-state index in [-0.39, 0.29) is 22.8 Å². The van der Waals surface area contributed by atoms with Gasteiger partial charge in [-0.15, -0.1) is 0 Å². The monoisotopic (exact) mass is 375 g/mol. The van der Waals surface area contributed by atoms with E-state index in [2.05, 4.69) is 4.72 Å². The molecule has 0 spiro atoms. The van der Waals surface area contributed by atoms with Crippen LogP contribution in [-0.4, -0.2) is 22.6 Å². The van der Waals surface area contributed by atoms with E-state index in [0.29, 0.717) is 5.75 Å². The molecule has 0 aliphatic carbocycles. The highest BCUT2D eigenvalue weighted by Crippen LogP contribution is 2.30. The van der Waals surface area contributed by atoms with Gasteiger partial charge in [-0.3, -0.25) is 0 Å². The van der Waals surface area contributed by atoms with Crippen LogP contribution in [0.25, 0.3) is 0 Å². The fraction of sp³-hybridized carbons (Fsp3) is 0.250. The predicted molar refractivity (Wildman–Crippen MR) is 85.0 cm³/mol. The summed E-state index contributed by atoms with van der Waals surface area (Å²) in [4.78, 5) is -0.165. The summed E-state index contributed by atoms with van der Waals surface area (Å²) in [5.41, 5.74) is -0.663. The lowest BCUT2D eigenvalue weighted by molar-refractivity contribution is -0.137. The van der Waals surface area contributed by atoms with E-state index in [4.69, 9.17) is 9.47 Å². The highest BCUT2D eigenvalue weighted by molar-refractivity contribution is 7.89. The average Bonchev–Trinajstić information content (AvgIpc) is 2.59. The van der Waals surface area contributed by atoms with Gasteiger partial charge in [-0.25, -0.2) is 13.1 Å². The summed E-state index contributed by atoms with van der Waals surface area (Å²) in [6.07, 6.45) is -4.50. The fourth-order valence-electron chi connectivity index (χ4n) is 2.11. The molecule has 0 aromatic heterocycles. The Morgan fingerprint density at radius 1 is 1.04 bits per heavy atom. The van der Waals surface area contributed by atoms with Crippen molar-refractivity contribution in [2.24, 2.45) is 0 Å². The number of halogens is 3. The highest BCUT2D eigenvalue weighted by Gasteiger charge is 2.30. The number of sulfonamides is 1. The first kappa shape index (κ1) is 19.1. The number of benzene rings is 2. The number of hydrogen-bond acceptors (Lipinski definition) is 4. The quantitative estimate of drug-likeness (QED) is 0.842. The molecule has 0 unspecified atom stereocenters. The van der Waals surface area contributed by atoms with Crippen molar-refractivity contribution in [3.05, 3.63) is 53.6 Å². The molecule has 0 bridgehead atoms. The Bertz CT molecular complexity index is 851. The van der Waals surface area contributed by atoms with Gasteiger partial charge < -0.3 is 9.47 Å². The molecular formula is C16H16F3NO4S. The van der Waals surface area contributed by atoms with E-state index in [1.807, 2.05) is 0 Å². The number of ether oxygens (including phenoxy) is 2. The zero-order valence-corrected chi connectivity index (χ0v) is 14.2. The largest absolute Gasteiger partial charge is 0.497 e. The molecule has 9 heteroatoms. The summed E-state index contributed by atoms with van der Waals surface area (Å²) in [7, 11) is -1.32. The molecule has 25 heavy (non-hydrogen) atoms. The predicted octanol–water partition coefficient (Wildman–Crippen LogP) is 3.20. The van der Waals surface area contributed by atoms with Gasteiger partial charge in [-0.1, -0.05) is 18.2 Å². The first-order valence-electron chi connectivity index (χ1n) is 7.05. The third-order valence-electron chi connectivity index (χ3n) is 3.38. The summed E-state index contributed by atoms with van der Waals surface area (Å²) < 4.78 is 75.4. The molecule has 0 aliphatic heterocycles. The molecule has 0 atom stereocenters. The van der Waals surface area contributed by atoms with Crippen molar-refractivity contribution in [1.29, 1.82) is 0 Å². The Hall–Kier alpha value is -2.26. The molecule has 0 aliphatic rings. The van der Waals surface area contributed by atoms with E-state index in [1.165, 1.54) is 44.6 Å². The lowest BCUT2D eigenvalue weighted by Gasteiger charge is -2.13. The molecule has 0 radical (unpaired) electrons. The molecule has 136 valence electrons. The molecule has 2 aromatic rings. The second-order valence-electron chi connectivity index (χ2n) is 5.04. The molecule has 0 fully saturated rings. The van der Waals surface area contributed by atoms with Crippen molar-refractivity contribution in [2.45, 2.75) is 17.6 Å². The molecule has 1 N–H and O–H groups in total. The van der Waals surface area contributed by atoms with Gasteiger partial charge in [-0.2, -0.15) is 13.2 Å². The van der Waals surface area contributed by atoms with Crippen LogP contribution in [0.4, 0.5) is 13.2 Å². The molecule has 0 amide bonds. The van der Waals surface area contributed by atoms with Gasteiger partial charge in [-0.05, 0) is 23.8 Å². The van der Waals surface area contributed by atoms with Crippen LogP contribution in [0.15, 0.2) is 47.4 Å². The van der Waals surface area contributed by atoms with E-state index >= 15 is 0 Å². The van der Waals surface area contributed by atoms with Gasteiger partial charge >= 0.3 is 6.18 Å². The topological polar surface area (TPSA) is 64.6 Å². The molecule has 2 rings (SSSR count). The van der Waals surface area contributed by atoms with E-state index in [0.717, 1.165) is 12.1 Å². The maximum atomic E-state index is 12.7.